The number of benzene rings is 2. The molecular weight excluding hydrogens is 304 g/mol. The summed E-state index contributed by atoms with van der Waals surface area (Å²) in [6.07, 6.45) is 0. The van der Waals surface area contributed by atoms with E-state index in [4.69, 9.17) is 9.88 Å². The number of amides is 1. The monoisotopic (exact) mass is 320 g/mol. The second-order valence-corrected chi connectivity index (χ2v) is 6.05. The molecule has 0 radical (unpaired) electrons. The van der Waals surface area contributed by atoms with Crippen molar-refractivity contribution in [2.45, 2.75) is 11.8 Å². The lowest BCUT2D eigenvalue weighted by Gasteiger charge is -2.08. The second kappa shape index (κ2) is 6.59. The first kappa shape index (κ1) is 16.0. The van der Waals surface area contributed by atoms with Gasteiger partial charge in [0.1, 0.15) is 5.75 Å². The normalized spacial score (nSPS) is 11.0. The number of ether oxygens (including phenoxy) is 1. The molecule has 6 nitrogen and oxygen atoms in total. The minimum absolute atomic E-state index is 0.0103. The number of nitrogens with two attached hydrogens (primary N) is 1. The summed E-state index contributed by atoms with van der Waals surface area (Å²) in [6, 6.07) is 12.4. The van der Waals surface area contributed by atoms with E-state index in [0.717, 1.165) is 0 Å². The molecule has 1 amide bonds. The van der Waals surface area contributed by atoms with Crippen molar-refractivity contribution in [3.8, 4) is 5.75 Å². The van der Waals surface area contributed by atoms with Crippen molar-refractivity contribution >= 4 is 21.6 Å². The lowest BCUT2D eigenvalue weighted by molar-refractivity contribution is 0.102. The van der Waals surface area contributed by atoms with Gasteiger partial charge in [-0.2, -0.15) is 0 Å². The maximum atomic E-state index is 12.1. The molecule has 0 aliphatic rings. The Hall–Kier alpha value is -2.38. The van der Waals surface area contributed by atoms with E-state index in [-0.39, 0.29) is 10.8 Å². The molecule has 0 bridgehead atoms. The molecule has 2 aromatic carbocycles. The summed E-state index contributed by atoms with van der Waals surface area (Å²) < 4.78 is 27.7. The van der Waals surface area contributed by atoms with Gasteiger partial charge in [-0.25, -0.2) is 13.6 Å². The van der Waals surface area contributed by atoms with E-state index in [1.807, 2.05) is 6.92 Å². The quantitative estimate of drug-likeness (QED) is 0.880. The van der Waals surface area contributed by atoms with E-state index in [1.54, 1.807) is 24.3 Å². The average Bonchev–Trinajstić information content (AvgIpc) is 2.47. The third-order valence-corrected chi connectivity index (χ3v) is 3.78. The Bertz CT molecular complexity index is 770. The van der Waals surface area contributed by atoms with Gasteiger partial charge in [0.25, 0.3) is 5.91 Å². The van der Waals surface area contributed by atoms with Crippen LogP contribution in [0.25, 0.3) is 0 Å². The smallest absolute Gasteiger partial charge is 0.255 e. The van der Waals surface area contributed by atoms with Crippen LogP contribution in [0.3, 0.4) is 0 Å². The van der Waals surface area contributed by atoms with Crippen LogP contribution in [0.1, 0.15) is 17.3 Å². The molecular formula is C15H16N2O4S. The van der Waals surface area contributed by atoms with Gasteiger partial charge >= 0.3 is 0 Å². The van der Waals surface area contributed by atoms with Crippen LogP contribution in [-0.4, -0.2) is 20.9 Å². The summed E-state index contributed by atoms with van der Waals surface area (Å²) in [5.41, 5.74) is 0.917. The van der Waals surface area contributed by atoms with Gasteiger partial charge in [0.05, 0.1) is 11.5 Å². The fraction of sp³-hybridized carbons (Fsp3) is 0.133. The summed E-state index contributed by atoms with van der Waals surface area (Å²) in [5, 5.41) is 7.69. The first-order valence-electron chi connectivity index (χ1n) is 6.57. The SMILES string of the molecule is CCOc1cccc(C(=O)Nc2ccc(S(N)(=O)=O)cc2)c1. The number of carbonyl (C=O) groups is 1. The number of hydrogen-bond acceptors (Lipinski definition) is 4. The first-order chi connectivity index (χ1) is 10.4. The van der Waals surface area contributed by atoms with Crippen LogP contribution in [0, 0.1) is 0 Å². The largest absolute Gasteiger partial charge is 0.494 e. The van der Waals surface area contributed by atoms with Crippen molar-refractivity contribution in [2.75, 3.05) is 11.9 Å². The van der Waals surface area contributed by atoms with Gasteiger partial charge in [-0.3, -0.25) is 4.79 Å². The van der Waals surface area contributed by atoms with Crippen molar-refractivity contribution in [1.29, 1.82) is 0 Å². The highest BCUT2D eigenvalue weighted by atomic mass is 32.2. The van der Waals surface area contributed by atoms with Crippen molar-refractivity contribution in [1.82, 2.24) is 0 Å². The van der Waals surface area contributed by atoms with Gasteiger partial charge in [-0.15, -0.1) is 0 Å². The number of nitrogens with one attached hydrogen (secondary N) is 1. The maximum absolute atomic E-state index is 12.1. The number of carbonyl (C=O) groups excluding carboxylic acids is 1. The molecule has 3 N–H and O–H groups in total. The summed E-state index contributed by atoms with van der Waals surface area (Å²) in [4.78, 5) is 12.1. The fourth-order valence-corrected chi connectivity index (χ4v) is 2.34. The Morgan fingerprint density at radius 1 is 1.18 bits per heavy atom. The Balaban J connectivity index is 2.13. The summed E-state index contributed by atoms with van der Waals surface area (Å²) >= 11 is 0. The lowest BCUT2D eigenvalue weighted by atomic mass is 10.2. The molecule has 0 saturated carbocycles. The molecule has 116 valence electrons. The van der Waals surface area contributed by atoms with E-state index < -0.39 is 10.0 Å². The highest BCUT2D eigenvalue weighted by Crippen LogP contribution is 2.16. The van der Waals surface area contributed by atoms with Crippen molar-refractivity contribution in [3.05, 3.63) is 54.1 Å². The zero-order chi connectivity index (χ0) is 16.2. The summed E-state index contributed by atoms with van der Waals surface area (Å²) in [6.45, 7) is 2.37. The van der Waals surface area contributed by atoms with E-state index in [1.165, 1.54) is 24.3 Å². The lowest BCUT2D eigenvalue weighted by Crippen LogP contribution is -2.14. The Labute approximate surface area is 129 Å². The molecule has 22 heavy (non-hydrogen) atoms. The summed E-state index contributed by atoms with van der Waals surface area (Å²) in [5.74, 6) is 0.296. The predicted molar refractivity (Wildman–Crippen MR) is 83.4 cm³/mol. The van der Waals surface area contributed by atoms with E-state index in [2.05, 4.69) is 5.32 Å². The molecule has 0 atom stereocenters. The second-order valence-electron chi connectivity index (χ2n) is 4.48. The molecule has 0 aliphatic carbocycles. The molecule has 7 heteroatoms. The topological polar surface area (TPSA) is 98.5 Å². The van der Waals surface area contributed by atoms with Crippen LogP contribution in [0.15, 0.2) is 53.4 Å². The van der Waals surface area contributed by atoms with Gasteiger partial charge < -0.3 is 10.1 Å². The minimum Gasteiger partial charge on any atom is -0.494 e. The van der Waals surface area contributed by atoms with Crippen LogP contribution in [-0.2, 0) is 10.0 Å². The Morgan fingerprint density at radius 2 is 1.86 bits per heavy atom. The highest BCUT2D eigenvalue weighted by molar-refractivity contribution is 7.89. The fourth-order valence-electron chi connectivity index (χ4n) is 1.82. The maximum Gasteiger partial charge on any atom is 0.255 e. The van der Waals surface area contributed by atoms with Crippen LogP contribution < -0.4 is 15.2 Å². The van der Waals surface area contributed by atoms with Gasteiger partial charge in [-0.05, 0) is 49.4 Å². The first-order valence-corrected chi connectivity index (χ1v) is 8.12. The van der Waals surface area contributed by atoms with Crippen molar-refractivity contribution < 1.29 is 17.9 Å². The molecule has 0 heterocycles. The van der Waals surface area contributed by atoms with Gasteiger partial charge in [0.2, 0.25) is 10.0 Å². The molecule has 2 rings (SSSR count). The molecule has 0 aromatic heterocycles. The minimum atomic E-state index is -3.74. The van der Waals surface area contributed by atoms with Crippen LogP contribution in [0.2, 0.25) is 0 Å². The van der Waals surface area contributed by atoms with E-state index in [0.29, 0.717) is 23.6 Å². The van der Waals surface area contributed by atoms with Crippen LogP contribution >= 0.6 is 0 Å². The molecule has 0 unspecified atom stereocenters. The predicted octanol–water partition coefficient (Wildman–Crippen LogP) is 1.99. The third-order valence-electron chi connectivity index (χ3n) is 2.85. The molecule has 0 fully saturated rings. The number of sulfonamides is 1. The zero-order valence-corrected chi connectivity index (χ0v) is 12.8. The molecule has 2 aromatic rings. The molecule has 0 aliphatic heterocycles. The Kier molecular flexibility index (Phi) is 4.79. The average molecular weight is 320 g/mol. The van der Waals surface area contributed by atoms with Gasteiger partial charge in [-0.1, -0.05) is 6.07 Å². The van der Waals surface area contributed by atoms with Crippen LogP contribution in [0.5, 0.6) is 5.75 Å². The number of rotatable bonds is 5. The third kappa shape index (κ3) is 4.06. The number of primary sulfonamides is 1. The Morgan fingerprint density at radius 3 is 2.45 bits per heavy atom. The highest BCUT2D eigenvalue weighted by Gasteiger charge is 2.10. The van der Waals surface area contributed by atoms with Crippen molar-refractivity contribution in [3.63, 3.8) is 0 Å². The van der Waals surface area contributed by atoms with E-state index >= 15 is 0 Å². The van der Waals surface area contributed by atoms with Gasteiger partial charge in [0, 0.05) is 11.3 Å². The van der Waals surface area contributed by atoms with Crippen LogP contribution in [0.4, 0.5) is 5.69 Å². The summed E-state index contributed by atoms with van der Waals surface area (Å²) in [7, 11) is -3.74. The molecule has 0 saturated heterocycles. The van der Waals surface area contributed by atoms with E-state index in [9.17, 15) is 13.2 Å². The van der Waals surface area contributed by atoms with Crippen molar-refractivity contribution in [2.24, 2.45) is 5.14 Å². The number of anilines is 1. The van der Waals surface area contributed by atoms with Gasteiger partial charge in [0.15, 0.2) is 0 Å². The number of hydrogen-bond donors (Lipinski definition) is 2. The standard InChI is InChI=1S/C15H16N2O4S/c1-2-21-13-5-3-4-11(10-13)15(18)17-12-6-8-14(9-7-12)22(16,19)20/h3-10H,2H2,1H3,(H,17,18)(H2,16,19,20). The zero-order valence-electron chi connectivity index (χ0n) is 11.9. The molecule has 0 spiro atoms.